The molecule has 1 aromatic heterocycles. The Bertz CT molecular complexity index is 310. The first kappa shape index (κ1) is 10.5. The van der Waals surface area contributed by atoms with E-state index >= 15 is 0 Å². The molecule has 0 aliphatic rings. The predicted molar refractivity (Wildman–Crippen MR) is 57.3 cm³/mol. The monoisotopic (exact) mass is 243 g/mol. The van der Waals surface area contributed by atoms with Crippen molar-refractivity contribution in [3.05, 3.63) is 21.8 Å². The Morgan fingerprint density at radius 1 is 1.46 bits per heavy atom. The topological polar surface area (TPSA) is 22.1 Å². The van der Waals surface area contributed by atoms with Crippen LogP contribution in [0.5, 0.6) is 5.88 Å². The smallest absolute Gasteiger partial charge is 0.216 e. The first-order valence-corrected chi connectivity index (χ1v) is 5.06. The summed E-state index contributed by atoms with van der Waals surface area (Å²) >= 11 is 3.46. The first-order chi connectivity index (χ1) is 6.07. The first-order valence-electron chi connectivity index (χ1n) is 4.27. The summed E-state index contributed by atoms with van der Waals surface area (Å²) in [6, 6.07) is 0. The van der Waals surface area contributed by atoms with Gasteiger partial charge in [-0.25, -0.2) is 4.98 Å². The second kappa shape index (κ2) is 4.09. The number of nitrogens with zero attached hydrogens (tertiary/aromatic N) is 1. The fraction of sp³-hybridized carbons (Fsp3) is 0.500. The molecule has 2 nitrogen and oxygen atoms in total. The van der Waals surface area contributed by atoms with Gasteiger partial charge in [-0.1, -0.05) is 13.8 Å². The van der Waals surface area contributed by atoms with Crippen LogP contribution in [-0.2, 0) is 0 Å². The Labute approximate surface area is 87.5 Å². The Morgan fingerprint density at radius 2 is 2.08 bits per heavy atom. The molecule has 1 rings (SSSR count). The van der Waals surface area contributed by atoms with Crippen molar-refractivity contribution in [1.82, 2.24) is 4.98 Å². The van der Waals surface area contributed by atoms with Gasteiger partial charge in [0.1, 0.15) is 0 Å². The molecule has 1 aromatic rings. The van der Waals surface area contributed by atoms with Crippen LogP contribution >= 0.6 is 15.9 Å². The van der Waals surface area contributed by atoms with Crippen molar-refractivity contribution in [1.29, 1.82) is 0 Å². The summed E-state index contributed by atoms with van der Waals surface area (Å²) in [7, 11) is 1.65. The summed E-state index contributed by atoms with van der Waals surface area (Å²) in [5.74, 6) is 1.16. The van der Waals surface area contributed by atoms with Gasteiger partial charge in [0.2, 0.25) is 5.88 Å². The highest BCUT2D eigenvalue weighted by Gasteiger charge is 2.13. The highest BCUT2D eigenvalue weighted by molar-refractivity contribution is 9.10. The minimum atomic E-state index is 0.431. The number of methoxy groups -OCH3 is 1. The van der Waals surface area contributed by atoms with E-state index in [1.54, 1.807) is 13.3 Å². The van der Waals surface area contributed by atoms with Crippen molar-refractivity contribution in [3.63, 3.8) is 0 Å². The standard InChI is InChI=1S/C10H14BrNO/c1-6(2)9-7(3)8(11)5-12-10(9)13-4/h5-6H,1-4H3. The largest absolute Gasteiger partial charge is 0.481 e. The molecule has 0 radical (unpaired) electrons. The normalized spacial score (nSPS) is 10.6. The van der Waals surface area contributed by atoms with E-state index in [2.05, 4.69) is 41.7 Å². The van der Waals surface area contributed by atoms with Crippen LogP contribution in [0, 0.1) is 6.92 Å². The summed E-state index contributed by atoms with van der Waals surface area (Å²) in [5.41, 5.74) is 2.39. The van der Waals surface area contributed by atoms with Crippen LogP contribution in [0.15, 0.2) is 10.7 Å². The Balaban J connectivity index is 3.32. The minimum absolute atomic E-state index is 0.431. The summed E-state index contributed by atoms with van der Waals surface area (Å²) in [4.78, 5) is 4.21. The Hall–Kier alpha value is -0.570. The maximum atomic E-state index is 5.21. The molecule has 0 N–H and O–H groups in total. The minimum Gasteiger partial charge on any atom is -0.481 e. The Kier molecular flexibility index (Phi) is 3.31. The molecule has 0 aliphatic heterocycles. The number of aromatic nitrogens is 1. The maximum Gasteiger partial charge on any atom is 0.216 e. The fourth-order valence-electron chi connectivity index (χ4n) is 1.41. The van der Waals surface area contributed by atoms with Crippen LogP contribution in [0.25, 0.3) is 0 Å². The lowest BCUT2D eigenvalue weighted by molar-refractivity contribution is 0.389. The molecule has 72 valence electrons. The SMILES string of the molecule is COc1ncc(Br)c(C)c1C(C)C. The highest BCUT2D eigenvalue weighted by atomic mass is 79.9. The van der Waals surface area contributed by atoms with Crippen molar-refractivity contribution in [2.45, 2.75) is 26.7 Å². The van der Waals surface area contributed by atoms with E-state index in [1.165, 1.54) is 11.1 Å². The zero-order valence-corrected chi connectivity index (χ0v) is 9.97. The molecule has 3 heteroatoms. The molecule has 0 unspecified atom stereocenters. The number of pyridine rings is 1. The summed E-state index contributed by atoms with van der Waals surface area (Å²) in [6.45, 7) is 6.35. The van der Waals surface area contributed by atoms with Crippen molar-refractivity contribution in [2.24, 2.45) is 0 Å². The number of halogens is 1. The molecule has 0 atom stereocenters. The molecule has 1 heterocycles. The zero-order valence-electron chi connectivity index (χ0n) is 8.39. The lowest BCUT2D eigenvalue weighted by atomic mass is 10.00. The van der Waals surface area contributed by atoms with E-state index in [-0.39, 0.29) is 0 Å². The molecule has 0 amide bonds. The third-order valence-corrected chi connectivity index (χ3v) is 2.86. The van der Waals surface area contributed by atoms with Gasteiger partial charge in [-0.2, -0.15) is 0 Å². The molecular formula is C10H14BrNO. The average molecular weight is 244 g/mol. The number of hydrogen-bond acceptors (Lipinski definition) is 2. The van der Waals surface area contributed by atoms with Crippen molar-refractivity contribution in [3.8, 4) is 5.88 Å². The van der Waals surface area contributed by atoms with Gasteiger partial charge in [-0.05, 0) is 34.3 Å². The van der Waals surface area contributed by atoms with Gasteiger partial charge in [0.15, 0.2) is 0 Å². The number of hydrogen-bond donors (Lipinski definition) is 0. The van der Waals surface area contributed by atoms with Crippen LogP contribution < -0.4 is 4.74 Å². The molecular weight excluding hydrogens is 230 g/mol. The van der Waals surface area contributed by atoms with Crippen molar-refractivity contribution in [2.75, 3.05) is 7.11 Å². The van der Waals surface area contributed by atoms with Crippen LogP contribution in [0.4, 0.5) is 0 Å². The lowest BCUT2D eigenvalue weighted by Crippen LogP contribution is -2.00. The predicted octanol–water partition coefficient (Wildman–Crippen LogP) is 3.28. The molecule has 0 bridgehead atoms. The van der Waals surface area contributed by atoms with E-state index < -0.39 is 0 Å². The third-order valence-electron chi connectivity index (χ3n) is 2.06. The lowest BCUT2D eigenvalue weighted by Gasteiger charge is -2.14. The number of ether oxygens (including phenoxy) is 1. The molecule has 0 saturated carbocycles. The molecule has 13 heavy (non-hydrogen) atoms. The Morgan fingerprint density at radius 3 is 2.54 bits per heavy atom. The molecule has 0 aromatic carbocycles. The van der Waals surface area contributed by atoms with Gasteiger partial charge in [0, 0.05) is 16.2 Å². The van der Waals surface area contributed by atoms with Gasteiger partial charge in [-0.15, -0.1) is 0 Å². The van der Waals surface area contributed by atoms with E-state index in [0.29, 0.717) is 5.92 Å². The number of rotatable bonds is 2. The van der Waals surface area contributed by atoms with E-state index in [1.807, 2.05) is 0 Å². The molecule has 0 spiro atoms. The van der Waals surface area contributed by atoms with Crippen molar-refractivity contribution >= 4 is 15.9 Å². The highest BCUT2D eigenvalue weighted by Crippen LogP contribution is 2.31. The fourth-order valence-corrected chi connectivity index (χ4v) is 1.73. The summed E-state index contributed by atoms with van der Waals surface area (Å²) < 4.78 is 6.25. The van der Waals surface area contributed by atoms with Gasteiger partial charge >= 0.3 is 0 Å². The van der Waals surface area contributed by atoms with Gasteiger partial charge < -0.3 is 4.74 Å². The van der Waals surface area contributed by atoms with Crippen LogP contribution in [0.3, 0.4) is 0 Å². The second-order valence-electron chi connectivity index (χ2n) is 3.31. The van der Waals surface area contributed by atoms with E-state index in [9.17, 15) is 0 Å². The average Bonchev–Trinajstić information content (AvgIpc) is 2.08. The molecule has 0 saturated heterocycles. The van der Waals surface area contributed by atoms with Crippen LogP contribution in [-0.4, -0.2) is 12.1 Å². The third kappa shape index (κ3) is 2.02. The quantitative estimate of drug-likeness (QED) is 0.796. The maximum absolute atomic E-state index is 5.21. The van der Waals surface area contributed by atoms with Gasteiger partial charge in [-0.3, -0.25) is 0 Å². The van der Waals surface area contributed by atoms with Crippen LogP contribution in [0.2, 0.25) is 0 Å². The summed E-state index contributed by atoms with van der Waals surface area (Å²) in [6.07, 6.45) is 1.78. The summed E-state index contributed by atoms with van der Waals surface area (Å²) in [5, 5.41) is 0. The van der Waals surface area contributed by atoms with Crippen LogP contribution in [0.1, 0.15) is 30.9 Å². The molecule has 0 fully saturated rings. The van der Waals surface area contributed by atoms with E-state index in [0.717, 1.165) is 10.4 Å². The van der Waals surface area contributed by atoms with Gasteiger partial charge in [0.05, 0.1) is 7.11 Å². The van der Waals surface area contributed by atoms with E-state index in [4.69, 9.17) is 4.74 Å². The second-order valence-corrected chi connectivity index (χ2v) is 4.16. The zero-order chi connectivity index (χ0) is 10.0. The van der Waals surface area contributed by atoms with Gasteiger partial charge in [0.25, 0.3) is 0 Å². The van der Waals surface area contributed by atoms with Crippen molar-refractivity contribution < 1.29 is 4.74 Å². The molecule has 0 aliphatic carbocycles.